The van der Waals surface area contributed by atoms with Gasteiger partial charge in [0.05, 0.1) is 12.7 Å². The Morgan fingerprint density at radius 2 is 2.15 bits per heavy atom. The van der Waals surface area contributed by atoms with Gasteiger partial charge in [-0.2, -0.15) is 0 Å². The number of aromatic nitrogens is 2. The maximum atomic E-state index is 9.86. The first-order valence-electron chi connectivity index (χ1n) is 7.01. The number of hydrogen-bond donors (Lipinski definition) is 2. The normalized spacial score (nSPS) is 16.1. The fraction of sp³-hybridized carbons (Fsp3) is 0.714. The second kappa shape index (κ2) is 6.37. The van der Waals surface area contributed by atoms with Crippen molar-refractivity contribution >= 4 is 11.6 Å². The molecule has 20 heavy (non-hydrogen) atoms. The summed E-state index contributed by atoms with van der Waals surface area (Å²) in [6, 6.07) is 0. The van der Waals surface area contributed by atoms with Gasteiger partial charge in [-0.25, -0.2) is 9.97 Å². The first-order valence-corrected chi connectivity index (χ1v) is 7.01. The first kappa shape index (κ1) is 15.0. The predicted octanol–water partition coefficient (Wildman–Crippen LogP) is 1.15. The number of anilines is 2. The quantitative estimate of drug-likeness (QED) is 0.781. The van der Waals surface area contributed by atoms with Crippen LogP contribution in [-0.4, -0.2) is 55.5 Å². The molecule has 1 saturated carbocycles. The number of nitrogens with zero attached hydrogens (tertiary/aromatic N) is 3. The Bertz CT molecular complexity index is 463. The molecule has 1 aromatic rings. The molecule has 0 spiro atoms. The Morgan fingerprint density at radius 1 is 1.45 bits per heavy atom. The fourth-order valence-corrected chi connectivity index (χ4v) is 2.31. The highest BCUT2D eigenvalue weighted by Crippen LogP contribution is 2.39. The van der Waals surface area contributed by atoms with Crippen LogP contribution in [0.5, 0.6) is 0 Å². The van der Waals surface area contributed by atoms with Crippen LogP contribution in [0.3, 0.4) is 0 Å². The van der Waals surface area contributed by atoms with Crippen molar-refractivity contribution in [2.45, 2.75) is 31.8 Å². The van der Waals surface area contributed by atoms with Crippen molar-refractivity contribution < 1.29 is 9.84 Å². The molecular weight excluding hydrogens is 256 g/mol. The van der Waals surface area contributed by atoms with Gasteiger partial charge in [0.25, 0.3) is 0 Å². The Balaban J connectivity index is 2.22. The van der Waals surface area contributed by atoms with Crippen molar-refractivity contribution in [3.8, 4) is 0 Å². The minimum atomic E-state index is -0.526. The van der Waals surface area contributed by atoms with Crippen molar-refractivity contribution in [1.29, 1.82) is 0 Å². The van der Waals surface area contributed by atoms with E-state index < -0.39 is 6.10 Å². The van der Waals surface area contributed by atoms with Crippen LogP contribution in [0, 0.1) is 6.92 Å². The lowest BCUT2D eigenvalue weighted by atomic mass is 10.2. The van der Waals surface area contributed by atoms with Gasteiger partial charge in [-0.1, -0.05) is 0 Å². The molecule has 2 N–H and O–H groups in total. The SMILES string of the molecule is CNc1nc(C2CC2)nc(N(C)CC(O)COC)c1C. The Kier molecular flexibility index (Phi) is 4.77. The summed E-state index contributed by atoms with van der Waals surface area (Å²) in [7, 11) is 5.39. The summed E-state index contributed by atoms with van der Waals surface area (Å²) in [6.07, 6.45) is 1.81. The zero-order valence-corrected chi connectivity index (χ0v) is 12.7. The number of aliphatic hydroxyl groups is 1. The molecule has 1 heterocycles. The maximum absolute atomic E-state index is 9.86. The molecule has 1 aliphatic carbocycles. The number of aliphatic hydroxyl groups excluding tert-OH is 1. The van der Waals surface area contributed by atoms with Gasteiger partial charge in [0.15, 0.2) is 0 Å². The third kappa shape index (κ3) is 3.37. The third-order valence-corrected chi connectivity index (χ3v) is 3.52. The highest BCUT2D eigenvalue weighted by atomic mass is 16.5. The van der Waals surface area contributed by atoms with E-state index in [-0.39, 0.29) is 0 Å². The monoisotopic (exact) mass is 280 g/mol. The van der Waals surface area contributed by atoms with Crippen molar-refractivity contribution in [1.82, 2.24) is 9.97 Å². The largest absolute Gasteiger partial charge is 0.389 e. The summed E-state index contributed by atoms with van der Waals surface area (Å²) in [5, 5.41) is 13.0. The minimum absolute atomic E-state index is 0.322. The number of methoxy groups -OCH3 is 1. The molecule has 2 rings (SSSR count). The van der Waals surface area contributed by atoms with E-state index in [2.05, 4.69) is 15.3 Å². The number of nitrogens with one attached hydrogen (secondary N) is 1. The van der Waals surface area contributed by atoms with Gasteiger partial charge < -0.3 is 20.1 Å². The number of likely N-dealkylation sites (N-methyl/N-ethyl adjacent to an activating group) is 1. The second-order valence-electron chi connectivity index (χ2n) is 5.39. The van der Waals surface area contributed by atoms with E-state index in [9.17, 15) is 5.11 Å². The van der Waals surface area contributed by atoms with Crippen LogP contribution >= 0.6 is 0 Å². The van der Waals surface area contributed by atoms with E-state index in [1.807, 2.05) is 25.9 Å². The van der Waals surface area contributed by atoms with Gasteiger partial charge in [0.1, 0.15) is 17.5 Å². The third-order valence-electron chi connectivity index (χ3n) is 3.52. The minimum Gasteiger partial charge on any atom is -0.389 e. The standard InChI is InChI=1S/C14H24N4O2/c1-9-12(15-2)16-13(10-5-6-10)17-14(9)18(3)7-11(19)8-20-4/h10-11,19H,5-8H2,1-4H3,(H,15,16,17). The number of hydrogen-bond acceptors (Lipinski definition) is 6. The van der Waals surface area contributed by atoms with Crippen LogP contribution in [0.4, 0.5) is 11.6 Å². The highest BCUT2D eigenvalue weighted by Gasteiger charge is 2.28. The van der Waals surface area contributed by atoms with E-state index in [0.29, 0.717) is 19.1 Å². The molecule has 6 nitrogen and oxygen atoms in total. The zero-order chi connectivity index (χ0) is 14.7. The van der Waals surface area contributed by atoms with E-state index in [1.165, 1.54) is 12.8 Å². The summed E-state index contributed by atoms with van der Waals surface area (Å²) in [5.74, 6) is 3.15. The molecule has 1 unspecified atom stereocenters. The van der Waals surface area contributed by atoms with Crippen LogP contribution in [0.15, 0.2) is 0 Å². The predicted molar refractivity (Wildman–Crippen MR) is 79.4 cm³/mol. The molecule has 1 aromatic heterocycles. The lowest BCUT2D eigenvalue weighted by molar-refractivity contribution is 0.0694. The van der Waals surface area contributed by atoms with Crippen LogP contribution in [0.2, 0.25) is 0 Å². The molecule has 1 atom stereocenters. The number of ether oxygens (including phenoxy) is 1. The smallest absolute Gasteiger partial charge is 0.137 e. The lowest BCUT2D eigenvalue weighted by Crippen LogP contribution is -2.33. The van der Waals surface area contributed by atoms with Gasteiger partial charge >= 0.3 is 0 Å². The average molecular weight is 280 g/mol. The Morgan fingerprint density at radius 3 is 2.70 bits per heavy atom. The molecule has 0 amide bonds. The summed E-state index contributed by atoms with van der Waals surface area (Å²) < 4.78 is 4.97. The molecular formula is C14H24N4O2. The van der Waals surface area contributed by atoms with Crippen LogP contribution in [-0.2, 0) is 4.74 Å². The van der Waals surface area contributed by atoms with Crippen molar-refractivity contribution in [2.24, 2.45) is 0 Å². The zero-order valence-electron chi connectivity index (χ0n) is 12.7. The molecule has 0 saturated heterocycles. The van der Waals surface area contributed by atoms with Crippen molar-refractivity contribution in [3.05, 3.63) is 11.4 Å². The fourth-order valence-electron chi connectivity index (χ4n) is 2.31. The lowest BCUT2D eigenvalue weighted by Gasteiger charge is -2.24. The Labute approximate surface area is 120 Å². The van der Waals surface area contributed by atoms with E-state index >= 15 is 0 Å². The van der Waals surface area contributed by atoms with Gasteiger partial charge in [-0.05, 0) is 19.8 Å². The molecule has 0 aliphatic heterocycles. The summed E-state index contributed by atoms with van der Waals surface area (Å²) in [5.41, 5.74) is 1.00. The van der Waals surface area contributed by atoms with Gasteiger partial charge in [0, 0.05) is 39.2 Å². The molecule has 0 bridgehead atoms. The van der Waals surface area contributed by atoms with Gasteiger partial charge in [-0.3, -0.25) is 0 Å². The summed E-state index contributed by atoms with van der Waals surface area (Å²) >= 11 is 0. The Hall–Kier alpha value is -1.40. The second-order valence-corrected chi connectivity index (χ2v) is 5.39. The molecule has 0 aromatic carbocycles. The van der Waals surface area contributed by atoms with Crippen molar-refractivity contribution in [2.75, 3.05) is 44.6 Å². The molecule has 6 heteroatoms. The molecule has 1 aliphatic rings. The van der Waals surface area contributed by atoms with E-state index in [0.717, 1.165) is 23.0 Å². The van der Waals surface area contributed by atoms with E-state index in [1.54, 1.807) is 7.11 Å². The molecule has 0 radical (unpaired) electrons. The average Bonchev–Trinajstić information content (AvgIpc) is 3.23. The molecule has 112 valence electrons. The topological polar surface area (TPSA) is 70.5 Å². The van der Waals surface area contributed by atoms with Crippen LogP contribution in [0.1, 0.15) is 30.1 Å². The van der Waals surface area contributed by atoms with Gasteiger partial charge in [-0.15, -0.1) is 0 Å². The summed E-state index contributed by atoms with van der Waals surface area (Å²) in [4.78, 5) is 11.2. The summed E-state index contributed by atoms with van der Waals surface area (Å²) in [6.45, 7) is 2.80. The number of rotatable bonds is 7. The van der Waals surface area contributed by atoms with Crippen molar-refractivity contribution in [3.63, 3.8) is 0 Å². The van der Waals surface area contributed by atoms with Crippen LogP contribution < -0.4 is 10.2 Å². The first-order chi connectivity index (χ1) is 9.56. The highest BCUT2D eigenvalue weighted by molar-refractivity contribution is 5.58. The maximum Gasteiger partial charge on any atom is 0.137 e. The van der Waals surface area contributed by atoms with Crippen LogP contribution in [0.25, 0.3) is 0 Å². The van der Waals surface area contributed by atoms with Gasteiger partial charge in [0.2, 0.25) is 0 Å². The van der Waals surface area contributed by atoms with E-state index in [4.69, 9.17) is 4.74 Å². The molecule has 1 fully saturated rings.